The van der Waals surface area contributed by atoms with Crippen LogP contribution in [0.2, 0.25) is 0 Å². The summed E-state index contributed by atoms with van der Waals surface area (Å²) in [6, 6.07) is 7.57. The van der Waals surface area contributed by atoms with E-state index >= 15 is 0 Å². The highest BCUT2D eigenvalue weighted by Gasteiger charge is 2.28. The number of benzene rings is 1. The highest BCUT2D eigenvalue weighted by Crippen LogP contribution is 2.23. The molecule has 1 heterocycles. The van der Waals surface area contributed by atoms with E-state index in [9.17, 15) is 8.42 Å². The molecule has 0 aliphatic rings. The van der Waals surface area contributed by atoms with Crippen LogP contribution in [-0.2, 0) is 16.4 Å². The van der Waals surface area contributed by atoms with Crippen LogP contribution in [0.5, 0.6) is 5.75 Å². The van der Waals surface area contributed by atoms with Crippen molar-refractivity contribution in [1.29, 1.82) is 0 Å². The van der Waals surface area contributed by atoms with Crippen LogP contribution in [0.4, 0.5) is 0 Å². The molecule has 0 atom stereocenters. The van der Waals surface area contributed by atoms with Gasteiger partial charge in [-0.2, -0.15) is 0 Å². The Kier molecular flexibility index (Phi) is 4.87. The van der Waals surface area contributed by atoms with Gasteiger partial charge in [-0.05, 0) is 31.9 Å². The molecule has 0 fully saturated rings. The number of ether oxygens (including phenoxy) is 1. The number of likely N-dealkylation sites (N-methyl/N-ethyl adjacent to an activating group) is 1. The van der Waals surface area contributed by atoms with E-state index in [2.05, 4.69) is 5.16 Å². The molecule has 0 N–H and O–H groups in total. The highest BCUT2D eigenvalue weighted by atomic mass is 32.2. The number of aromatic nitrogens is 1. The van der Waals surface area contributed by atoms with Gasteiger partial charge < -0.3 is 9.26 Å². The molecule has 0 aliphatic carbocycles. The van der Waals surface area contributed by atoms with Crippen molar-refractivity contribution in [3.63, 3.8) is 0 Å². The number of sulfonamides is 1. The van der Waals surface area contributed by atoms with Gasteiger partial charge in [0, 0.05) is 13.6 Å². The van der Waals surface area contributed by atoms with Gasteiger partial charge in [-0.25, -0.2) is 12.7 Å². The fourth-order valence-electron chi connectivity index (χ4n) is 2.31. The van der Waals surface area contributed by atoms with Crippen molar-refractivity contribution in [2.45, 2.75) is 25.2 Å². The average Bonchev–Trinajstić information content (AvgIpc) is 2.84. The first-order valence-corrected chi connectivity index (χ1v) is 8.33. The van der Waals surface area contributed by atoms with Crippen LogP contribution in [0, 0.1) is 13.8 Å². The molecule has 0 bridgehead atoms. The van der Waals surface area contributed by atoms with Gasteiger partial charge in [0.15, 0.2) is 5.76 Å². The van der Waals surface area contributed by atoms with E-state index in [0.717, 1.165) is 11.3 Å². The minimum Gasteiger partial charge on any atom is -0.496 e. The molecular weight excluding hydrogens is 304 g/mol. The fourth-order valence-corrected chi connectivity index (χ4v) is 3.76. The first-order chi connectivity index (χ1) is 10.4. The number of aryl methyl sites for hydroxylation is 2. The van der Waals surface area contributed by atoms with Gasteiger partial charge in [-0.3, -0.25) is 0 Å². The molecule has 0 spiro atoms. The van der Waals surface area contributed by atoms with E-state index in [0.29, 0.717) is 24.4 Å². The smallest absolute Gasteiger partial charge is 0.248 e. The lowest BCUT2D eigenvalue weighted by Gasteiger charge is -2.17. The summed E-state index contributed by atoms with van der Waals surface area (Å²) >= 11 is 0. The number of rotatable bonds is 6. The zero-order valence-electron chi connectivity index (χ0n) is 13.2. The first kappa shape index (κ1) is 16.5. The topological polar surface area (TPSA) is 72.6 Å². The molecule has 0 aliphatic heterocycles. The van der Waals surface area contributed by atoms with Crippen molar-refractivity contribution < 1.29 is 17.7 Å². The predicted octanol–water partition coefficient (Wildman–Crippen LogP) is 2.16. The average molecular weight is 324 g/mol. The van der Waals surface area contributed by atoms with Gasteiger partial charge in [-0.1, -0.05) is 23.4 Å². The third-order valence-electron chi connectivity index (χ3n) is 3.52. The Labute approximate surface area is 130 Å². The quantitative estimate of drug-likeness (QED) is 0.814. The van der Waals surface area contributed by atoms with E-state index in [1.807, 2.05) is 24.3 Å². The molecule has 2 aromatic rings. The van der Waals surface area contributed by atoms with Gasteiger partial charge in [0.2, 0.25) is 10.0 Å². The second kappa shape index (κ2) is 6.50. The van der Waals surface area contributed by atoms with Crippen LogP contribution < -0.4 is 4.74 Å². The van der Waals surface area contributed by atoms with E-state index in [1.165, 1.54) is 4.31 Å². The van der Waals surface area contributed by atoms with Crippen LogP contribution in [-0.4, -0.2) is 38.6 Å². The van der Waals surface area contributed by atoms with Gasteiger partial charge >= 0.3 is 0 Å². The van der Waals surface area contributed by atoms with Crippen LogP contribution in [0.15, 0.2) is 33.7 Å². The van der Waals surface area contributed by atoms with Crippen molar-refractivity contribution >= 4 is 10.0 Å². The third-order valence-corrected chi connectivity index (χ3v) is 5.63. The number of methoxy groups -OCH3 is 1. The van der Waals surface area contributed by atoms with Crippen LogP contribution in [0.1, 0.15) is 17.0 Å². The summed E-state index contributed by atoms with van der Waals surface area (Å²) in [4.78, 5) is 0.148. The summed E-state index contributed by atoms with van der Waals surface area (Å²) in [6.45, 7) is 3.56. The molecular formula is C15H20N2O4S. The molecule has 0 unspecified atom stereocenters. The Morgan fingerprint density at radius 1 is 1.27 bits per heavy atom. The van der Waals surface area contributed by atoms with E-state index in [-0.39, 0.29) is 4.90 Å². The Balaban J connectivity index is 2.17. The van der Waals surface area contributed by atoms with Crippen LogP contribution >= 0.6 is 0 Å². The van der Waals surface area contributed by atoms with Crippen molar-refractivity contribution in [1.82, 2.24) is 9.46 Å². The number of nitrogens with zero attached hydrogens (tertiary/aromatic N) is 2. The van der Waals surface area contributed by atoms with Gasteiger partial charge in [0.05, 0.1) is 7.11 Å². The van der Waals surface area contributed by atoms with E-state index in [4.69, 9.17) is 9.26 Å². The molecule has 0 saturated heterocycles. The predicted molar refractivity (Wildman–Crippen MR) is 82.5 cm³/mol. The van der Waals surface area contributed by atoms with Crippen LogP contribution in [0.3, 0.4) is 0 Å². The molecule has 7 heteroatoms. The van der Waals surface area contributed by atoms with Gasteiger partial charge in [0.25, 0.3) is 0 Å². The number of para-hydroxylation sites is 1. The Hall–Kier alpha value is -1.86. The monoisotopic (exact) mass is 324 g/mol. The van der Waals surface area contributed by atoms with Crippen molar-refractivity contribution in [2.75, 3.05) is 20.7 Å². The molecule has 1 aromatic heterocycles. The second-order valence-corrected chi connectivity index (χ2v) is 7.02. The number of hydrogen-bond acceptors (Lipinski definition) is 5. The minimum atomic E-state index is -3.61. The van der Waals surface area contributed by atoms with Gasteiger partial charge in [-0.15, -0.1) is 0 Å². The van der Waals surface area contributed by atoms with Crippen molar-refractivity contribution in [2.24, 2.45) is 0 Å². The maximum absolute atomic E-state index is 12.6. The molecule has 120 valence electrons. The summed E-state index contributed by atoms with van der Waals surface area (Å²) < 4.78 is 36.8. The highest BCUT2D eigenvalue weighted by molar-refractivity contribution is 7.89. The normalized spacial score (nSPS) is 11.9. The molecule has 6 nitrogen and oxygen atoms in total. The minimum absolute atomic E-state index is 0.148. The van der Waals surface area contributed by atoms with Crippen molar-refractivity contribution in [3.05, 3.63) is 41.3 Å². The summed E-state index contributed by atoms with van der Waals surface area (Å²) in [5, 5.41) is 3.71. The van der Waals surface area contributed by atoms with Crippen LogP contribution in [0.25, 0.3) is 0 Å². The maximum atomic E-state index is 12.6. The molecule has 0 amide bonds. The van der Waals surface area contributed by atoms with E-state index < -0.39 is 10.0 Å². The fraction of sp³-hybridized carbons (Fsp3) is 0.400. The lowest BCUT2D eigenvalue weighted by atomic mass is 10.1. The Morgan fingerprint density at radius 2 is 1.95 bits per heavy atom. The van der Waals surface area contributed by atoms with Crippen molar-refractivity contribution in [3.8, 4) is 5.75 Å². The lowest BCUT2D eigenvalue weighted by Crippen LogP contribution is -2.29. The number of hydrogen-bond donors (Lipinski definition) is 0. The maximum Gasteiger partial charge on any atom is 0.248 e. The standard InChI is InChI=1S/C15H20N2O4S/c1-11-15(12(2)21-16-11)22(18,19)17(3)10-9-13-7-5-6-8-14(13)20-4/h5-8H,9-10H2,1-4H3. The Morgan fingerprint density at radius 3 is 2.55 bits per heavy atom. The summed E-state index contributed by atoms with van der Waals surface area (Å²) in [7, 11) is -0.458. The largest absolute Gasteiger partial charge is 0.496 e. The van der Waals surface area contributed by atoms with Gasteiger partial charge in [0.1, 0.15) is 16.3 Å². The first-order valence-electron chi connectivity index (χ1n) is 6.89. The SMILES string of the molecule is COc1ccccc1CCN(C)S(=O)(=O)c1c(C)noc1C. The second-order valence-electron chi connectivity index (χ2n) is 5.04. The zero-order chi connectivity index (χ0) is 16.3. The molecule has 22 heavy (non-hydrogen) atoms. The molecule has 2 rings (SSSR count). The summed E-state index contributed by atoms with van der Waals surface area (Å²) in [5.74, 6) is 1.06. The Bertz CT molecular complexity index is 733. The lowest BCUT2D eigenvalue weighted by molar-refractivity contribution is 0.389. The molecule has 1 aromatic carbocycles. The summed E-state index contributed by atoms with van der Waals surface area (Å²) in [6.07, 6.45) is 0.559. The van der Waals surface area contributed by atoms with E-state index in [1.54, 1.807) is 28.0 Å². The molecule has 0 saturated carbocycles. The molecule has 0 radical (unpaired) electrons. The third kappa shape index (κ3) is 3.15. The zero-order valence-corrected chi connectivity index (χ0v) is 14.0. The summed E-state index contributed by atoms with van der Waals surface area (Å²) in [5.41, 5.74) is 1.34.